The Morgan fingerprint density at radius 2 is 1.93 bits per heavy atom. The average molecular weight is 411 g/mol. The molecule has 0 aromatic rings. The minimum absolute atomic E-state index is 0.110. The van der Waals surface area contributed by atoms with Gasteiger partial charge in [-0.2, -0.15) is 0 Å². The monoisotopic (exact) mass is 411 g/mol. The van der Waals surface area contributed by atoms with Gasteiger partial charge in [0, 0.05) is 45.4 Å². The molecule has 2 saturated heterocycles. The van der Waals surface area contributed by atoms with Crippen LogP contribution >= 0.6 is 0 Å². The molecule has 2 bridgehead atoms. The molecule has 2 aliphatic carbocycles. The van der Waals surface area contributed by atoms with Crippen LogP contribution < -0.4 is 0 Å². The van der Waals surface area contributed by atoms with Crippen LogP contribution in [0.5, 0.6) is 0 Å². The summed E-state index contributed by atoms with van der Waals surface area (Å²) in [4.78, 5) is 39.8. The fourth-order valence-electron chi connectivity index (χ4n) is 5.29. The Hall–Kier alpha value is -1.71. The first kappa shape index (κ1) is 20.6. The molecule has 29 heavy (non-hydrogen) atoms. The van der Waals surface area contributed by atoms with Crippen molar-refractivity contribution in [3.8, 4) is 0 Å². The second-order valence-electron chi connectivity index (χ2n) is 8.61. The van der Waals surface area contributed by atoms with Crippen molar-refractivity contribution in [2.75, 3.05) is 39.5 Å². The minimum atomic E-state index is -1.09. The molecule has 4 rings (SSSR count). The van der Waals surface area contributed by atoms with Gasteiger partial charge in [0.15, 0.2) is 0 Å². The van der Waals surface area contributed by atoms with Gasteiger partial charge in [0.05, 0.1) is 31.6 Å². The van der Waals surface area contributed by atoms with Gasteiger partial charge in [0.1, 0.15) is 12.2 Å². The lowest BCUT2D eigenvalue weighted by atomic mass is 9.78. The zero-order valence-electron chi connectivity index (χ0n) is 17.1. The third kappa shape index (κ3) is 3.87. The zero-order chi connectivity index (χ0) is 20.8. The Bertz CT molecular complexity index is 673. The molecule has 0 radical (unpaired) electrons. The van der Waals surface area contributed by atoms with Gasteiger partial charge < -0.3 is 23.7 Å². The second-order valence-corrected chi connectivity index (χ2v) is 8.61. The lowest BCUT2D eigenvalue weighted by molar-refractivity contribution is -0.221. The molecule has 2 saturated carbocycles. The van der Waals surface area contributed by atoms with Gasteiger partial charge in [-0.3, -0.25) is 19.3 Å². The molecule has 0 spiro atoms. The van der Waals surface area contributed by atoms with E-state index in [4.69, 9.17) is 23.7 Å². The standard InChI is InChI=1S/C20H29NO8/c1-4-26-20(2,3)29-19(24)15-12-9-11-14(15)18(23)28-17(11)16(12)27-13(22)10-21-5-7-25-8-6-21/h11-12,14-17H,4-10H2,1-3H3. The smallest absolute Gasteiger partial charge is 0.320 e. The van der Waals surface area contributed by atoms with Crippen LogP contribution in [-0.4, -0.2) is 80.3 Å². The van der Waals surface area contributed by atoms with Gasteiger partial charge >= 0.3 is 17.9 Å². The topological polar surface area (TPSA) is 101 Å². The number of esters is 3. The molecule has 6 atom stereocenters. The number of carbonyl (C=O) groups excluding carboxylic acids is 3. The summed E-state index contributed by atoms with van der Waals surface area (Å²) in [7, 11) is 0. The number of ether oxygens (including phenoxy) is 5. The van der Waals surface area contributed by atoms with Gasteiger partial charge in [-0.1, -0.05) is 0 Å². The van der Waals surface area contributed by atoms with Crippen molar-refractivity contribution in [1.82, 2.24) is 4.90 Å². The molecule has 2 aliphatic heterocycles. The molecule has 0 aromatic carbocycles. The molecule has 2 heterocycles. The highest BCUT2D eigenvalue weighted by atomic mass is 16.7. The van der Waals surface area contributed by atoms with Crippen molar-refractivity contribution in [3.63, 3.8) is 0 Å². The fourth-order valence-corrected chi connectivity index (χ4v) is 5.29. The van der Waals surface area contributed by atoms with Crippen molar-refractivity contribution in [1.29, 1.82) is 0 Å². The van der Waals surface area contributed by atoms with Crippen LogP contribution in [0.25, 0.3) is 0 Å². The number of fused-ring (bicyclic) bond motifs is 1. The highest BCUT2D eigenvalue weighted by Crippen LogP contribution is 2.59. The van der Waals surface area contributed by atoms with Crippen LogP contribution in [0.3, 0.4) is 0 Å². The van der Waals surface area contributed by atoms with Crippen LogP contribution in [0.15, 0.2) is 0 Å². The number of nitrogens with zero attached hydrogens (tertiary/aromatic N) is 1. The van der Waals surface area contributed by atoms with E-state index in [9.17, 15) is 14.4 Å². The second kappa shape index (κ2) is 7.85. The van der Waals surface area contributed by atoms with E-state index in [1.165, 1.54) is 0 Å². The van der Waals surface area contributed by atoms with Gasteiger partial charge in [-0.05, 0) is 13.3 Å². The molecular formula is C20H29NO8. The molecule has 6 unspecified atom stereocenters. The lowest BCUT2D eigenvalue weighted by Gasteiger charge is -2.33. The van der Waals surface area contributed by atoms with Gasteiger partial charge in [0.25, 0.3) is 0 Å². The Labute approximate surface area is 169 Å². The van der Waals surface area contributed by atoms with Crippen molar-refractivity contribution in [2.24, 2.45) is 23.7 Å². The summed E-state index contributed by atoms with van der Waals surface area (Å²) in [5.74, 6) is -3.93. The van der Waals surface area contributed by atoms with Crippen LogP contribution in [0, 0.1) is 23.7 Å². The van der Waals surface area contributed by atoms with E-state index in [0.29, 0.717) is 39.3 Å². The molecule has 4 fully saturated rings. The van der Waals surface area contributed by atoms with E-state index < -0.39 is 41.8 Å². The summed E-state index contributed by atoms with van der Waals surface area (Å²) in [6, 6.07) is 0. The van der Waals surface area contributed by atoms with Crippen LogP contribution in [0.1, 0.15) is 27.2 Å². The third-order valence-corrected chi connectivity index (χ3v) is 6.38. The molecular weight excluding hydrogens is 382 g/mol. The number of carbonyl (C=O) groups is 3. The normalized spacial score (nSPS) is 36.2. The average Bonchev–Trinajstić information content (AvgIpc) is 3.25. The summed E-state index contributed by atoms with van der Waals surface area (Å²) < 4.78 is 27.6. The van der Waals surface area contributed by atoms with E-state index >= 15 is 0 Å². The first-order chi connectivity index (χ1) is 13.8. The Kier molecular flexibility index (Phi) is 5.56. The van der Waals surface area contributed by atoms with Crippen LogP contribution in [-0.2, 0) is 38.1 Å². The highest BCUT2D eigenvalue weighted by Gasteiger charge is 2.70. The zero-order valence-corrected chi connectivity index (χ0v) is 17.1. The third-order valence-electron chi connectivity index (χ3n) is 6.38. The molecule has 9 heteroatoms. The summed E-state index contributed by atoms with van der Waals surface area (Å²) in [6.07, 6.45) is -0.454. The van der Waals surface area contributed by atoms with Crippen molar-refractivity contribution in [2.45, 2.75) is 45.2 Å². The first-order valence-corrected chi connectivity index (χ1v) is 10.4. The SMILES string of the molecule is CCOC(C)(C)OC(=O)C1C2CC3C(OC(=O)C31)C2OC(=O)CN1CCOCC1. The maximum atomic E-state index is 12.9. The molecule has 0 aromatic heterocycles. The summed E-state index contributed by atoms with van der Waals surface area (Å²) in [5, 5.41) is 0. The van der Waals surface area contributed by atoms with Gasteiger partial charge in [-0.15, -0.1) is 0 Å². The summed E-state index contributed by atoms with van der Waals surface area (Å²) in [5.41, 5.74) is 0. The lowest BCUT2D eigenvalue weighted by Crippen LogP contribution is -2.47. The predicted octanol–water partition coefficient (Wildman–Crippen LogP) is 0.354. The maximum absolute atomic E-state index is 12.9. The van der Waals surface area contributed by atoms with Crippen molar-refractivity contribution < 1.29 is 38.1 Å². The Morgan fingerprint density at radius 1 is 1.21 bits per heavy atom. The van der Waals surface area contributed by atoms with E-state index in [0.717, 1.165) is 0 Å². The van der Waals surface area contributed by atoms with E-state index in [1.54, 1.807) is 13.8 Å². The summed E-state index contributed by atoms with van der Waals surface area (Å²) >= 11 is 0. The quantitative estimate of drug-likeness (QED) is 0.334. The number of hydrogen-bond donors (Lipinski definition) is 0. The summed E-state index contributed by atoms with van der Waals surface area (Å²) in [6.45, 7) is 8.23. The Balaban J connectivity index is 1.44. The van der Waals surface area contributed by atoms with Gasteiger partial charge in [-0.25, -0.2) is 0 Å². The van der Waals surface area contributed by atoms with Gasteiger partial charge in [0.2, 0.25) is 5.79 Å². The van der Waals surface area contributed by atoms with Crippen LogP contribution in [0.4, 0.5) is 0 Å². The number of morpholine rings is 1. The maximum Gasteiger partial charge on any atom is 0.320 e. The molecule has 162 valence electrons. The molecule has 0 N–H and O–H groups in total. The molecule has 4 aliphatic rings. The van der Waals surface area contributed by atoms with Crippen molar-refractivity contribution in [3.05, 3.63) is 0 Å². The van der Waals surface area contributed by atoms with Crippen LogP contribution in [0.2, 0.25) is 0 Å². The molecule has 9 nitrogen and oxygen atoms in total. The number of rotatable bonds is 7. The van der Waals surface area contributed by atoms with E-state index in [1.807, 2.05) is 11.8 Å². The van der Waals surface area contributed by atoms with E-state index in [-0.39, 0.29) is 24.3 Å². The predicted molar refractivity (Wildman–Crippen MR) is 97.4 cm³/mol. The van der Waals surface area contributed by atoms with E-state index in [2.05, 4.69) is 0 Å². The molecule has 0 amide bonds. The fraction of sp³-hybridized carbons (Fsp3) is 0.850. The first-order valence-electron chi connectivity index (χ1n) is 10.4. The Morgan fingerprint density at radius 3 is 2.62 bits per heavy atom. The largest absolute Gasteiger partial charge is 0.458 e. The highest BCUT2D eigenvalue weighted by molar-refractivity contribution is 5.86. The number of hydrogen-bond acceptors (Lipinski definition) is 9. The van der Waals surface area contributed by atoms with Crippen molar-refractivity contribution >= 4 is 17.9 Å². The minimum Gasteiger partial charge on any atom is -0.458 e.